The first kappa shape index (κ1) is 12.8. The molecule has 4 rings (SSSR count). The first-order chi connectivity index (χ1) is 10.2. The van der Waals surface area contributed by atoms with Crippen LogP contribution >= 0.6 is 0 Å². The molecule has 4 nitrogen and oxygen atoms in total. The summed E-state index contributed by atoms with van der Waals surface area (Å²) in [6.07, 6.45) is 7.62. The molecule has 2 aromatic heterocycles. The van der Waals surface area contributed by atoms with Crippen LogP contribution in [0.25, 0.3) is 21.9 Å². The quantitative estimate of drug-likeness (QED) is 0.782. The molecular formula is C17H19N3O. The number of para-hydroxylation sites is 1. The van der Waals surface area contributed by atoms with Crippen molar-refractivity contribution in [3.63, 3.8) is 0 Å². The number of hydrogen-bond acceptors (Lipinski definition) is 3. The van der Waals surface area contributed by atoms with Crippen LogP contribution in [0.5, 0.6) is 0 Å². The first-order valence-electron chi connectivity index (χ1n) is 7.62. The standard InChI is InChI=1S/C17H19N3O/c1-12(17(21)8-4-5-9-17)20-11-19-15-10-18-14-7-3-2-6-13(14)16(15)20/h2-3,6-7,10-12,21H,4-5,8-9H2,1H3/t12-/m0/s1. The van der Waals surface area contributed by atoms with Crippen LogP contribution in [-0.4, -0.2) is 25.2 Å². The van der Waals surface area contributed by atoms with Gasteiger partial charge in [0.15, 0.2) is 0 Å². The van der Waals surface area contributed by atoms with E-state index in [9.17, 15) is 5.11 Å². The molecule has 1 aliphatic carbocycles. The summed E-state index contributed by atoms with van der Waals surface area (Å²) in [5, 5.41) is 12.0. The van der Waals surface area contributed by atoms with E-state index in [1.165, 1.54) is 0 Å². The van der Waals surface area contributed by atoms with Crippen molar-refractivity contribution in [3.05, 3.63) is 36.8 Å². The average Bonchev–Trinajstić information content (AvgIpc) is 3.13. The predicted octanol–water partition coefficient (Wildman–Crippen LogP) is 3.45. The summed E-state index contributed by atoms with van der Waals surface area (Å²) >= 11 is 0. The maximum atomic E-state index is 10.9. The fourth-order valence-corrected chi connectivity index (χ4v) is 3.62. The van der Waals surface area contributed by atoms with Gasteiger partial charge in [0.05, 0.1) is 35.2 Å². The van der Waals surface area contributed by atoms with E-state index in [0.29, 0.717) is 0 Å². The van der Waals surface area contributed by atoms with Gasteiger partial charge in [0.2, 0.25) is 0 Å². The predicted molar refractivity (Wildman–Crippen MR) is 83.2 cm³/mol. The lowest BCUT2D eigenvalue weighted by molar-refractivity contribution is 0.00203. The number of hydrogen-bond donors (Lipinski definition) is 1. The molecular weight excluding hydrogens is 262 g/mol. The summed E-state index contributed by atoms with van der Waals surface area (Å²) < 4.78 is 2.13. The van der Waals surface area contributed by atoms with Crippen molar-refractivity contribution in [1.82, 2.24) is 14.5 Å². The van der Waals surface area contributed by atoms with Crippen LogP contribution in [0, 0.1) is 0 Å². The molecule has 2 heterocycles. The second-order valence-corrected chi connectivity index (χ2v) is 6.15. The van der Waals surface area contributed by atoms with Crippen molar-refractivity contribution in [2.75, 3.05) is 0 Å². The van der Waals surface area contributed by atoms with Crippen molar-refractivity contribution < 1.29 is 5.11 Å². The van der Waals surface area contributed by atoms with Crippen LogP contribution in [0.2, 0.25) is 0 Å². The van der Waals surface area contributed by atoms with Gasteiger partial charge in [-0.25, -0.2) is 4.98 Å². The van der Waals surface area contributed by atoms with Gasteiger partial charge in [-0.05, 0) is 25.8 Å². The van der Waals surface area contributed by atoms with Crippen molar-refractivity contribution in [2.24, 2.45) is 0 Å². The number of pyridine rings is 1. The van der Waals surface area contributed by atoms with Gasteiger partial charge in [-0.2, -0.15) is 0 Å². The van der Waals surface area contributed by atoms with Gasteiger partial charge in [-0.3, -0.25) is 4.98 Å². The van der Waals surface area contributed by atoms with Crippen molar-refractivity contribution in [1.29, 1.82) is 0 Å². The molecule has 4 heteroatoms. The Morgan fingerprint density at radius 2 is 1.90 bits per heavy atom. The van der Waals surface area contributed by atoms with E-state index in [2.05, 4.69) is 27.5 Å². The highest BCUT2D eigenvalue weighted by molar-refractivity contribution is 6.02. The zero-order valence-electron chi connectivity index (χ0n) is 12.2. The largest absolute Gasteiger partial charge is 0.388 e. The molecule has 0 bridgehead atoms. The second-order valence-electron chi connectivity index (χ2n) is 6.15. The minimum absolute atomic E-state index is 0.0239. The highest BCUT2D eigenvalue weighted by Gasteiger charge is 2.38. The molecule has 1 aromatic carbocycles. The van der Waals surface area contributed by atoms with E-state index in [4.69, 9.17) is 0 Å². The summed E-state index contributed by atoms with van der Waals surface area (Å²) in [6, 6.07) is 8.14. The van der Waals surface area contributed by atoms with E-state index >= 15 is 0 Å². The van der Waals surface area contributed by atoms with E-state index in [-0.39, 0.29) is 6.04 Å². The number of aliphatic hydroxyl groups is 1. The third-order valence-electron chi connectivity index (χ3n) is 4.97. The maximum absolute atomic E-state index is 10.9. The van der Waals surface area contributed by atoms with Crippen molar-refractivity contribution in [2.45, 2.75) is 44.2 Å². The van der Waals surface area contributed by atoms with Gasteiger partial charge < -0.3 is 9.67 Å². The van der Waals surface area contributed by atoms with Gasteiger partial charge in [0, 0.05) is 5.39 Å². The lowest BCUT2D eigenvalue weighted by Gasteiger charge is -2.31. The van der Waals surface area contributed by atoms with Crippen molar-refractivity contribution in [3.8, 4) is 0 Å². The Hall–Kier alpha value is -1.94. The van der Waals surface area contributed by atoms with Crippen LogP contribution in [0.3, 0.4) is 0 Å². The van der Waals surface area contributed by atoms with Crippen LogP contribution < -0.4 is 0 Å². The SMILES string of the molecule is C[C@H](n1cnc2cnc3ccccc3c21)C1(O)CCCC1. The van der Waals surface area contributed by atoms with Gasteiger partial charge in [0.1, 0.15) is 5.52 Å². The minimum Gasteiger partial charge on any atom is -0.388 e. The fraction of sp³-hybridized carbons (Fsp3) is 0.412. The molecule has 108 valence electrons. The molecule has 0 aliphatic heterocycles. The van der Waals surface area contributed by atoms with Gasteiger partial charge in [0.25, 0.3) is 0 Å². The highest BCUT2D eigenvalue weighted by Crippen LogP contribution is 2.40. The van der Waals surface area contributed by atoms with Crippen LogP contribution in [0.15, 0.2) is 36.8 Å². The molecule has 1 fully saturated rings. The fourth-order valence-electron chi connectivity index (χ4n) is 3.62. The molecule has 1 N–H and O–H groups in total. The lowest BCUT2D eigenvalue weighted by atomic mass is 9.93. The summed E-state index contributed by atoms with van der Waals surface area (Å²) in [4.78, 5) is 8.94. The summed E-state index contributed by atoms with van der Waals surface area (Å²) in [7, 11) is 0. The summed E-state index contributed by atoms with van der Waals surface area (Å²) in [5.74, 6) is 0. The summed E-state index contributed by atoms with van der Waals surface area (Å²) in [5.41, 5.74) is 2.32. The smallest absolute Gasteiger partial charge is 0.107 e. The minimum atomic E-state index is -0.613. The molecule has 0 amide bonds. The zero-order valence-corrected chi connectivity index (χ0v) is 12.2. The van der Waals surface area contributed by atoms with Crippen LogP contribution in [0.4, 0.5) is 0 Å². The van der Waals surface area contributed by atoms with E-state index in [1.807, 2.05) is 30.7 Å². The number of rotatable bonds is 2. The molecule has 1 atom stereocenters. The number of imidazole rings is 1. The molecule has 0 saturated heterocycles. The molecule has 0 unspecified atom stereocenters. The molecule has 0 spiro atoms. The van der Waals surface area contributed by atoms with Gasteiger partial charge >= 0.3 is 0 Å². The van der Waals surface area contributed by atoms with Crippen LogP contribution in [0.1, 0.15) is 38.6 Å². The second kappa shape index (κ2) is 4.53. The molecule has 3 aromatic rings. The molecule has 1 aliphatic rings. The Balaban J connectivity index is 1.94. The lowest BCUT2D eigenvalue weighted by Crippen LogP contribution is -2.34. The van der Waals surface area contributed by atoms with Gasteiger partial charge in [-0.15, -0.1) is 0 Å². The van der Waals surface area contributed by atoms with Gasteiger partial charge in [-0.1, -0.05) is 31.0 Å². The van der Waals surface area contributed by atoms with Crippen molar-refractivity contribution >= 4 is 21.9 Å². The van der Waals surface area contributed by atoms with Crippen LogP contribution in [-0.2, 0) is 0 Å². The maximum Gasteiger partial charge on any atom is 0.107 e. The van der Waals surface area contributed by atoms with E-state index in [1.54, 1.807) is 0 Å². The molecule has 21 heavy (non-hydrogen) atoms. The van der Waals surface area contributed by atoms with E-state index < -0.39 is 5.60 Å². The Morgan fingerprint density at radius 1 is 1.14 bits per heavy atom. The Bertz CT molecular complexity index is 802. The number of fused-ring (bicyclic) bond motifs is 3. The summed E-state index contributed by atoms with van der Waals surface area (Å²) in [6.45, 7) is 2.10. The first-order valence-corrected chi connectivity index (χ1v) is 7.62. The average molecular weight is 281 g/mol. The van der Waals surface area contributed by atoms with E-state index in [0.717, 1.165) is 47.6 Å². The zero-order chi connectivity index (χ0) is 14.4. The monoisotopic (exact) mass is 281 g/mol. The number of aromatic nitrogens is 3. The third kappa shape index (κ3) is 1.86. The Labute approximate surface area is 123 Å². The normalized spacial score (nSPS) is 19.3. The molecule has 1 saturated carbocycles. The Morgan fingerprint density at radius 3 is 2.71 bits per heavy atom. The third-order valence-corrected chi connectivity index (χ3v) is 4.97. The molecule has 0 radical (unpaired) electrons. The number of benzene rings is 1. The highest BCUT2D eigenvalue weighted by atomic mass is 16.3. The number of nitrogens with zero attached hydrogens (tertiary/aromatic N) is 3. The Kier molecular flexibility index (Phi) is 2.76. The topological polar surface area (TPSA) is 50.9 Å².